The fourth-order valence-corrected chi connectivity index (χ4v) is 1.06. The minimum absolute atomic E-state index is 0.540. The number of nitrogens with one attached hydrogen (secondary N) is 1. The molecule has 78 valence electrons. The summed E-state index contributed by atoms with van der Waals surface area (Å²) in [4.78, 5) is 4.09. The second-order valence-corrected chi connectivity index (χ2v) is 3.64. The van der Waals surface area contributed by atoms with Crippen LogP contribution in [0.15, 0.2) is 18.5 Å². The third-order valence-corrected chi connectivity index (χ3v) is 1.68. The van der Waals surface area contributed by atoms with E-state index in [1.54, 1.807) is 12.4 Å². The van der Waals surface area contributed by atoms with Crippen LogP contribution in [0.4, 0.5) is 5.69 Å². The van der Waals surface area contributed by atoms with Crippen LogP contribution in [0.25, 0.3) is 0 Å². The Bertz CT molecular complexity index is 274. The summed E-state index contributed by atoms with van der Waals surface area (Å²) in [6.07, 6.45) is 3.54. The van der Waals surface area contributed by atoms with Gasteiger partial charge in [-0.3, -0.25) is 4.98 Å². The summed E-state index contributed by atoms with van der Waals surface area (Å²) in [6.45, 7) is 7.94. The Hall–Kier alpha value is -1.25. The normalized spacial score (nSPS) is 10.3. The predicted octanol–water partition coefficient (Wildman–Crippen LogP) is 2.55. The van der Waals surface area contributed by atoms with Crippen molar-refractivity contribution in [1.29, 1.82) is 0 Å². The van der Waals surface area contributed by atoms with Gasteiger partial charge in [-0.15, -0.1) is 0 Å². The highest BCUT2D eigenvalue weighted by Crippen LogP contribution is 2.15. The lowest BCUT2D eigenvalue weighted by molar-refractivity contribution is 0.270. The number of rotatable bonds is 5. The van der Waals surface area contributed by atoms with Gasteiger partial charge in [0.15, 0.2) is 0 Å². The molecule has 0 bridgehead atoms. The third kappa shape index (κ3) is 3.64. The molecule has 0 atom stereocenters. The van der Waals surface area contributed by atoms with Crippen molar-refractivity contribution in [2.24, 2.45) is 5.92 Å². The Balaban J connectivity index is 2.54. The van der Waals surface area contributed by atoms with E-state index in [1.165, 1.54) is 0 Å². The SMILES string of the molecule is CCNc1cncc(OCC(C)C)c1. The molecule has 0 aliphatic heterocycles. The van der Waals surface area contributed by atoms with E-state index in [9.17, 15) is 0 Å². The molecule has 0 saturated heterocycles. The van der Waals surface area contributed by atoms with E-state index in [1.807, 2.05) is 6.07 Å². The lowest BCUT2D eigenvalue weighted by Crippen LogP contribution is -2.05. The minimum atomic E-state index is 0.540. The van der Waals surface area contributed by atoms with Crippen LogP contribution < -0.4 is 10.1 Å². The van der Waals surface area contributed by atoms with E-state index in [-0.39, 0.29) is 0 Å². The van der Waals surface area contributed by atoms with Gasteiger partial charge in [0.25, 0.3) is 0 Å². The van der Waals surface area contributed by atoms with E-state index in [0.29, 0.717) is 5.92 Å². The van der Waals surface area contributed by atoms with E-state index in [0.717, 1.165) is 24.6 Å². The van der Waals surface area contributed by atoms with Crippen LogP contribution in [0.1, 0.15) is 20.8 Å². The van der Waals surface area contributed by atoms with Gasteiger partial charge in [0.2, 0.25) is 0 Å². The summed E-state index contributed by atoms with van der Waals surface area (Å²) in [6, 6.07) is 1.97. The van der Waals surface area contributed by atoms with E-state index in [4.69, 9.17) is 4.74 Å². The van der Waals surface area contributed by atoms with Gasteiger partial charge < -0.3 is 10.1 Å². The van der Waals surface area contributed by atoms with Crippen molar-refractivity contribution < 1.29 is 4.74 Å². The molecule has 1 N–H and O–H groups in total. The monoisotopic (exact) mass is 194 g/mol. The molecule has 0 aliphatic carbocycles. The lowest BCUT2D eigenvalue weighted by Gasteiger charge is -2.09. The molecule has 0 spiro atoms. The first-order valence-electron chi connectivity index (χ1n) is 5.04. The van der Waals surface area contributed by atoms with Gasteiger partial charge in [-0.2, -0.15) is 0 Å². The largest absolute Gasteiger partial charge is 0.492 e. The summed E-state index contributed by atoms with van der Waals surface area (Å²) < 4.78 is 5.55. The topological polar surface area (TPSA) is 34.2 Å². The molecule has 0 radical (unpaired) electrons. The molecule has 1 aromatic heterocycles. The molecular formula is C11H18N2O. The molecule has 1 heterocycles. The Morgan fingerprint density at radius 2 is 2.21 bits per heavy atom. The highest BCUT2D eigenvalue weighted by molar-refractivity contribution is 5.44. The molecule has 0 fully saturated rings. The summed E-state index contributed by atoms with van der Waals surface area (Å²) in [7, 11) is 0. The molecule has 0 aromatic carbocycles. The number of ether oxygens (including phenoxy) is 1. The Kier molecular flexibility index (Phi) is 4.23. The first-order chi connectivity index (χ1) is 6.72. The molecule has 0 aliphatic rings. The Morgan fingerprint density at radius 3 is 2.86 bits per heavy atom. The van der Waals surface area contributed by atoms with E-state index in [2.05, 4.69) is 31.1 Å². The average molecular weight is 194 g/mol. The minimum Gasteiger partial charge on any atom is -0.492 e. The number of pyridine rings is 1. The van der Waals surface area contributed by atoms with E-state index >= 15 is 0 Å². The number of hydrogen-bond donors (Lipinski definition) is 1. The summed E-state index contributed by atoms with van der Waals surface area (Å²) in [5.41, 5.74) is 1.01. The van der Waals surface area contributed by atoms with Crippen LogP contribution in [-0.2, 0) is 0 Å². The van der Waals surface area contributed by atoms with Crippen LogP contribution in [0.5, 0.6) is 5.75 Å². The zero-order valence-electron chi connectivity index (χ0n) is 9.08. The molecule has 0 amide bonds. The van der Waals surface area contributed by atoms with Crippen molar-refractivity contribution in [2.75, 3.05) is 18.5 Å². The second-order valence-electron chi connectivity index (χ2n) is 3.64. The standard InChI is InChI=1S/C11H18N2O/c1-4-13-10-5-11(7-12-6-10)14-8-9(2)3/h5-7,9,13H,4,8H2,1-3H3. The summed E-state index contributed by atoms with van der Waals surface area (Å²) in [5, 5.41) is 3.19. The van der Waals surface area contributed by atoms with Crippen molar-refractivity contribution in [3.05, 3.63) is 18.5 Å². The zero-order valence-corrected chi connectivity index (χ0v) is 9.08. The van der Waals surface area contributed by atoms with Crippen LogP contribution in [0, 0.1) is 5.92 Å². The molecular weight excluding hydrogens is 176 g/mol. The molecule has 3 nitrogen and oxygen atoms in total. The highest BCUT2D eigenvalue weighted by Gasteiger charge is 1.98. The maximum atomic E-state index is 5.55. The number of aromatic nitrogens is 1. The quantitative estimate of drug-likeness (QED) is 0.782. The maximum Gasteiger partial charge on any atom is 0.139 e. The third-order valence-electron chi connectivity index (χ3n) is 1.68. The number of anilines is 1. The first-order valence-corrected chi connectivity index (χ1v) is 5.04. The number of nitrogens with zero attached hydrogens (tertiary/aromatic N) is 1. The van der Waals surface area contributed by atoms with E-state index < -0.39 is 0 Å². The van der Waals surface area contributed by atoms with Gasteiger partial charge in [-0.05, 0) is 12.8 Å². The summed E-state index contributed by atoms with van der Waals surface area (Å²) in [5.74, 6) is 1.37. The van der Waals surface area contributed by atoms with Crippen molar-refractivity contribution in [2.45, 2.75) is 20.8 Å². The van der Waals surface area contributed by atoms with Gasteiger partial charge in [-0.25, -0.2) is 0 Å². The molecule has 1 rings (SSSR count). The van der Waals surface area contributed by atoms with Crippen molar-refractivity contribution >= 4 is 5.69 Å². The first kappa shape index (κ1) is 10.8. The maximum absolute atomic E-state index is 5.55. The van der Waals surface area contributed by atoms with Crippen molar-refractivity contribution in [3.8, 4) is 5.75 Å². The van der Waals surface area contributed by atoms with Crippen molar-refractivity contribution in [3.63, 3.8) is 0 Å². The van der Waals surface area contributed by atoms with Gasteiger partial charge in [0, 0.05) is 12.6 Å². The van der Waals surface area contributed by atoms with Crippen LogP contribution in [0.3, 0.4) is 0 Å². The molecule has 0 saturated carbocycles. The molecule has 0 unspecified atom stereocenters. The van der Waals surface area contributed by atoms with Gasteiger partial charge in [-0.1, -0.05) is 13.8 Å². The fraction of sp³-hybridized carbons (Fsp3) is 0.545. The molecule has 1 aromatic rings. The highest BCUT2D eigenvalue weighted by atomic mass is 16.5. The average Bonchev–Trinajstić information content (AvgIpc) is 2.16. The number of hydrogen-bond acceptors (Lipinski definition) is 3. The molecule has 14 heavy (non-hydrogen) atoms. The van der Waals surface area contributed by atoms with Crippen LogP contribution >= 0.6 is 0 Å². The predicted molar refractivity (Wildman–Crippen MR) is 58.7 cm³/mol. The van der Waals surface area contributed by atoms with Gasteiger partial charge >= 0.3 is 0 Å². The van der Waals surface area contributed by atoms with Crippen LogP contribution in [0.2, 0.25) is 0 Å². The second kappa shape index (κ2) is 5.47. The molecule has 3 heteroatoms. The van der Waals surface area contributed by atoms with Crippen molar-refractivity contribution in [1.82, 2.24) is 4.98 Å². The zero-order chi connectivity index (χ0) is 10.4. The smallest absolute Gasteiger partial charge is 0.139 e. The Morgan fingerprint density at radius 1 is 1.43 bits per heavy atom. The Labute approximate surface area is 85.5 Å². The summed E-state index contributed by atoms with van der Waals surface area (Å²) >= 11 is 0. The van der Waals surface area contributed by atoms with Crippen LogP contribution in [-0.4, -0.2) is 18.1 Å². The fourth-order valence-electron chi connectivity index (χ4n) is 1.06. The van der Waals surface area contributed by atoms with Gasteiger partial charge in [0.1, 0.15) is 5.75 Å². The van der Waals surface area contributed by atoms with Gasteiger partial charge in [0.05, 0.1) is 24.7 Å². The lowest BCUT2D eigenvalue weighted by atomic mass is 10.2.